The standard InChI is InChI=1S/C11H15N3O3S/c15-10(9-6-18-14-13-9)12-8-5-3-1-2-4-7(8)11(16)17/h6-8H,1-5H2,(H,12,15)(H,16,17). The lowest BCUT2D eigenvalue weighted by atomic mass is 9.95. The summed E-state index contributed by atoms with van der Waals surface area (Å²) in [5.41, 5.74) is 0.258. The molecule has 1 aliphatic carbocycles. The quantitative estimate of drug-likeness (QED) is 0.807. The van der Waals surface area contributed by atoms with Crippen LogP contribution in [0, 0.1) is 5.92 Å². The van der Waals surface area contributed by atoms with Gasteiger partial charge in [-0.05, 0) is 24.4 Å². The summed E-state index contributed by atoms with van der Waals surface area (Å²) in [6, 6.07) is -0.306. The molecule has 1 aromatic rings. The fraction of sp³-hybridized carbons (Fsp3) is 0.636. The Morgan fingerprint density at radius 2 is 2.11 bits per heavy atom. The molecule has 18 heavy (non-hydrogen) atoms. The smallest absolute Gasteiger partial charge is 0.308 e. The summed E-state index contributed by atoms with van der Waals surface area (Å²) >= 11 is 1.10. The predicted molar refractivity (Wildman–Crippen MR) is 65.4 cm³/mol. The average molecular weight is 269 g/mol. The maximum atomic E-state index is 11.9. The zero-order chi connectivity index (χ0) is 13.0. The van der Waals surface area contributed by atoms with Crippen molar-refractivity contribution >= 4 is 23.4 Å². The van der Waals surface area contributed by atoms with E-state index in [0.717, 1.165) is 30.8 Å². The van der Waals surface area contributed by atoms with E-state index in [1.807, 2.05) is 0 Å². The van der Waals surface area contributed by atoms with Gasteiger partial charge in [0.15, 0.2) is 5.69 Å². The van der Waals surface area contributed by atoms with Crippen LogP contribution in [-0.4, -0.2) is 32.6 Å². The molecule has 0 saturated heterocycles. The molecule has 1 amide bonds. The zero-order valence-electron chi connectivity index (χ0n) is 9.83. The van der Waals surface area contributed by atoms with Crippen LogP contribution in [0.25, 0.3) is 0 Å². The van der Waals surface area contributed by atoms with E-state index in [4.69, 9.17) is 0 Å². The Balaban J connectivity index is 2.04. The van der Waals surface area contributed by atoms with Gasteiger partial charge in [0.05, 0.1) is 5.92 Å². The monoisotopic (exact) mass is 269 g/mol. The molecule has 6 nitrogen and oxygen atoms in total. The van der Waals surface area contributed by atoms with Crippen molar-refractivity contribution in [3.63, 3.8) is 0 Å². The highest BCUT2D eigenvalue weighted by Gasteiger charge is 2.31. The van der Waals surface area contributed by atoms with Crippen LogP contribution in [0.3, 0.4) is 0 Å². The number of aliphatic carboxylic acids is 1. The van der Waals surface area contributed by atoms with Gasteiger partial charge in [-0.25, -0.2) is 0 Å². The minimum absolute atomic E-state index is 0.258. The molecule has 1 saturated carbocycles. The Kier molecular flexibility index (Phi) is 4.24. The number of carboxylic acid groups (broad SMARTS) is 1. The highest BCUT2D eigenvalue weighted by molar-refractivity contribution is 7.03. The summed E-state index contributed by atoms with van der Waals surface area (Å²) in [7, 11) is 0. The van der Waals surface area contributed by atoms with E-state index in [1.54, 1.807) is 5.38 Å². The van der Waals surface area contributed by atoms with Crippen LogP contribution >= 0.6 is 11.5 Å². The van der Waals surface area contributed by atoms with Crippen LogP contribution in [0.2, 0.25) is 0 Å². The number of carbonyl (C=O) groups excluding carboxylic acids is 1. The van der Waals surface area contributed by atoms with Gasteiger partial charge < -0.3 is 10.4 Å². The summed E-state index contributed by atoms with van der Waals surface area (Å²) in [5.74, 6) is -1.66. The number of nitrogens with one attached hydrogen (secondary N) is 1. The Hall–Kier alpha value is -1.50. The molecular weight excluding hydrogens is 254 g/mol. The number of hydrogen-bond donors (Lipinski definition) is 2. The van der Waals surface area contributed by atoms with Gasteiger partial charge in [-0.15, -0.1) is 5.10 Å². The van der Waals surface area contributed by atoms with Gasteiger partial charge in [0.25, 0.3) is 5.91 Å². The average Bonchev–Trinajstić information content (AvgIpc) is 2.77. The van der Waals surface area contributed by atoms with Gasteiger partial charge in [-0.1, -0.05) is 23.8 Å². The Morgan fingerprint density at radius 3 is 2.78 bits per heavy atom. The molecule has 0 spiro atoms. The topological polar surface area (TPSA) is 92.2 Å². The second kappa shape index (κ2) is 5.90. The van der Waals surface area contributed by atoms with Crippen molar-refractivity contribution in [2.24, 2.45) is 5.92 Å². The van der Waals surface area contributed by atoms with Crippen LogP contribution in [0.4, 0.5) is 0 Å². The summed E-state index contributed by atoms with van der Waals surface area (Å²) in [5, 5.41) is 17.2. The van der Waals surface area contributed by atoms with Crippen molar-refractivity contribution in [2.75, 3.05) is 0 Å². The van der Waals surface area contributed by atoms with Crippen molar-refractivity contribution in [1.82, 2.24) is 14.9 Å². The van der Waals surface area contributed by atoms with E-state index >= 15 is 0 Å². The van der Waals surface area contributed by atoms with Gasteiger partial charge in [-0.2, -0.15) is 0 Å². The highest BCUT2D eigenvalue weighted by Crippen LogP contribution is 2.24. The molecule has 7 heteroatoms. The largest absolute Gasteiger partial charge is 0.481 e. The molecule has 2 unspecified atom stereocenters. The zero-order valence-corrected chi connectivity index (χ0v) is 10.7. The third-order valence-corrected chi connectivity index (χ3v) is 3.75. The number of rotatable bonds is 3. The number of carboxylic acids is 1. The molecule has 2 rings (SSSR count). The van der Waals surface area contributed by atoms with Crippen LogP contribution in [0.1, 0.15) is 42.6 Å². The van der Waals surface area contributed by atoms with Gasteiger partial charge >= 0.3 is 5.97 Å². The lowest BCUT2D eigenvalue weighted by molar-refractivity contribution is -0.142. The lowest BCUT2D eigenvalue weighted by Gasteiger charge is -2.22. The van der Waals surface area contributed by atoms with Gasteiger partial charge in [0.1, 0.15) is 0 Å². The lowest BCUT2D eigenvalue weighted by Crippen LogP contribution is -2.42. The summed E-state index contributed by atoms with van der Waals surface area (Å²) < 4.78 is 3.62. The molecule has 1 heterocycles. The predicted octanol–water partition coefficient (Wildman–Crippen LogP) is 1.30. The fourth-order valence-corrected chi connectivity index (χ4v) is 2.72. The van der Waals surface area contributed by atoms with Crippen LogP contribution in [-0.2, 0) is 4.79 Å². The highest BCUT2D eigenvalue weighted by atomic mass is 32.1. The molecule has 0 aromatic carbocycles. The fourth-order valence-electron chi connectivity index (χ4n) is 2.28. The maximum absolute atomic E-state index is 11.9. The van der Waals surface area contributed by atoms with E-state index in [-0.39, 0.29) is 17.6 Å². The Morgan fingerprint density at radius 1 is 1.33 bits per heavy atom. The van der Waals surface area contributed by atoms with E-state index in [9.17, 15) is 14.7 Å². The number of aromatic nitrogens is 2. The number of hydrogen-bond acceptors (Lipinski definition) is 5. The van der Waals surface area contributed by atoms with Crippen LogP contribution in [0.15, 0.2) is 5.38 Å². The Labute approximate surface area is 109 Å². The first-order valence-electron chi connectivity index (χ1n) is 5.99. The van der Waals surface area contributed by atoms with E-state index < -0.39 is 11.9 Å². The van der Waals surface area contributed by atoms with Crippen molar-refractivity contribution in [2.45, 2.75) is 38.1 Å². The van der Waals surface area contributed by atoms with E-state index in [0.29, 0.717) is 12.8 Å². The molecule has 1 aromatic heterocycles. The molecule has 1 aliphatic rings. The molecule has 1 fully saturated rings. The third kappa shape index (κ3) is 3.04. The number of carbonyl (C=O) groups is 2. The summed E-state index contributed by atoms with van der Waals surface area (Å²) in [4.78, 5) is 23.1. The molecule has 0 radical (unpaired) electrons. The SMILES string of the molecule is O=C(NC1CCCCCC1C(=O)O)c1csnn1. The molecular formula is C11H15N3O3S. The first kappa shape index (κ1) is 12.9. The second-order valence-corrected chi connectivity index (χ2v) is 5.06. The summed E-state index contributed by atoms with van der Waals surface area (Å²) in [6.07, 6.45) is 4.20. The molecule has 0 aliphatic heterocycles. The Bertz CT molecular complexity index is 421. The summed E-state index contributed by atoms with van der Waals surface area (Å²) in [6.45, 7) is 0. The molecule has 98 valence electrons. The van der Waals surface area contributed by atoms with Gasteiger partial charge in [0.2, 0.25) is 0 Å². The number of amides is 1. The third-order valence-electron chi connectivity index (χ3n) is 3.24. The second-order valence-electron chi connectivity index (χ2n) is 4.45. The van der Waals surface area contributed by atoms with Crippen LogP contribution < -0.4 is 5.32 Å². The molecule has 0 bridgehead atoms. The maximum Gasteiger partial charge on any atom is 0.308 e. The number of nitrogens with zero attached hydrogens (tertiary/aromatic N) is 2. The van der Waals surface area contributed by atoms with E-state index in [1.165, 1.54) is 0 Å². The van der Waals surface area contributed by atoms with Crippen molar-refractivity contribution in [3.8, 4) is 0 Å². The molecule has 2 atom stereocenters. The first-order chi connectivity index (χ1) is 8.68. The normalized spacial score (nSPS) is 24.2. The first-order valence-corrected chi connectivity index (χ1v) is 6.83. The van der Waals surface area contributed by atoms with E-state index in [2.05, 4.69) is 14.9 Å². The van der Waals surface area contributed by atoms with Crippen molar-refractivity contribution in [1.29, 1.82) is 0 Å². The van der Waals surface area contributed by atoms with Gasteiger partial charge in [-0.3, -0.25) is 9.59 Å². The molecule has 2 N–H and O–H groups in total. The minimum Gasteiger partial charge on any atom is -0.481 e. The van der Waals surface area contributed by atoms with Crippen LogP contribution in [0.5, 0.6) is 0 Å². The van der Waals surface area contributed by atoms with Crippen molar-refractivity contribution < 1.29 is 14.7 Å². The van der Waals surface area contributed by atoms with Crippen molar-refractivity contribution in [3.05, 3.63) is 11.1 Å². The minimum atomic E-state index is -0.835. The van der Waals surface area contributed by atoms with Gasteiger partial charge in [0, 0.05) is 11.4 Å².